The molecule has 0 radical (unpaired) electrons. The highest BCUT2D eigenvalue weighted by Crippen LogP contribution is 2.32. The van der Waals surface area contributed by atoms with E-state index < -0.39 is 0 Å². The highest BCUT2D eigenvalue weighted by Gasteiger charge is 2.32. The fourth-order valence-electron chi connectivity index (χ4n) is 2.68. The summed E-state index contributed by atoms with van der Waals surface area (Å²) in [6.45, 7) is 8.87. The maximum absolute atomic E-state index is 13.0. The largest absolute Gasteiger partial charge is 0.464 e. The Balaban J connectivity index is 1.85. The highest BCUT2D eigenvalue weighted by molar-refractivity contribution is 7.99. The van der Waals surface area contributed by atoms with Crippen LogP contribution in [0, 0.1) is 6.92 Å². The minimum Gasteiger partial charge on any atom is -0.464 e. The molecule has 0 saturated carbocycles. The van der Waals surface area contributed by atoms with Crippen LogP contribution in [-0.2, 0) is 5.54 Å². The number of amides is 1. The number of rotatable bonds is 2. The zero-order valence-corrected chi connectivity index (χ0v) is 14.9. The fourth-order valence-corrected chi connectivity index (χ4v) is 3.74. The molecule has 0 unspecified atom stereocenters. The van der Waals surface area contributed by atoms with Gasteiger partial charge in [-0.2, -0.15) is 16.9 Å². The topological polar surface area (TPSA) is 51.3 Å². The van der Waals surface area contributed by atoms with E-state index in [1.807, 2.05) is 46.6 Å². The Morgan fingerprint density at radius 3 is 2.78 bits per heavy atom. The number of hydrogen-bond acceptors (Lipinski definition) is 4. The van der Waals surface area contributed by atoms with E-state index in [0.717, 1.165) is 29.6 Å². The Hall–Kier alpha value is -1.69. The minimum absolute atomic E-state index is 0.00654. The van der Waals surface area contributed by atoms with Crippen LogP contribution in [0.1, 0.15) is 48.7 Å². The van der Waals surface area contributed by atoms with Gasteiger partial charge in [-0.05, 0) is 39.8 Å². The number of aromatic nitrogens is 2. The molecule has 0 spiro atoms. The molecule has 2 aromatic heterocycles. The van der Waals surface area contributed by atoms with Crippen LogP contribution in [0.3, 0.4) is 0 Å². The van der Waals surface area contributed by atoms with Crippen LogP contribution in [-0.4, -0.2) is 38.6 Å². The summed E-state index contributed by atoms with van der Waals surface area (Å²) in [6.07, 6.45) is 3.51. The molecule has 2 aromatic rings. The van der Waals surface area contributed by atoms with Gasteiger partial charge in [-0.3, -0.25) is 9.48 Å². The molecule has 1 saturated heterocycles. The number of furan rings is 1. The molecular weight excluding hydrogens is 310 g/mol. The average Bonchev–Trinajstić information content (AvgIpc) is 3.15. The molecule has 0 N–H and O–H groups in total. The molecule has 1 fully saturated rings. The van der Waals surface area contributed by atoms with E-state index in [-0.39, 0.29) is 17.5 Å². The normalized spacial score (nSPS) is 19.1. The first-order chi connectivity index (χ1) is 10.9. The molecule has 124 valence electrons. The lowest BCUT2D eigenvalue weighted by atomic mass is 10.1. The van der Waals surface area contributed by atoms with E-state index in [1.54, 1.807) is 6.20 Å². The number of hydrogen-bond donors (Lipinski definition) is 0. The van der Waals surface area contributed by atoms with E-state index in [4.69, 9.17) is 4.42 Å². The van der Waals surface area contributed by atoms with Gasteiger partial charge in [0.25, 0.3) is 5.91 Å². The van der Waals surface area contributed by atoms with Gasteiger partial charge in [-0.1, -0.05) is 0 Å². The van der Waals surface area contributed by atoms with Crippen molar-refractivity contribution in [2.75, 3.05) is 18.1 Å². The maximum Gasteiger partial charge on any atom is 0.257 e. The third-order valence-electron chi connectivity index (χ3n) is 4.00. The quantitative estimate of drug-likeness (QED) is 0.844. The molecule has 5 nitrogen and oxygen atoms in total. The summed E-state index contributed by atoms with van der Waals surface area (Å²) in [6, 6.07) is 3.92. The first kappa shape index (κ1) is 16.2. The van der Waals surface area contributed by atoms with Crippen LogP contribution in [0.2, 0.25) is 0 Å². The molecule has 1 aliphatic heterocycles. The number of carbonyl (C=O) groups is 1. The van der Waals surface area contributed by atoms with Gasteiger partial charge in [0.1, 0.15) is 11.5 Å². The predicted molar refractivity (Wildman–Crippen MR) is 91.8 cm³/mol. The molecule has 0 aliphatic carbocycles. The van der Waals surface area contributed by atoms with Crippen molar-refractivity contribution in [2.24, 2.45) is 0 Å². The van der Waals surface area contributed by atoms with Crippen molar-refractivity contribution in [2.45, 2.75) is 39.3 Å². The van der Waals surface area contributed by atoms with Crippen LogP contribution in [0.25, 0.3) is 0 Å². The highest BCUT2D eigenvalue weighted by atomic mass is 32.2. The second-order valence-electron chi connectivity index (χ2n) is 6.88. The van der Waals surface area contributed by atoms with Gasteiger partial charge in [0.05, 0.1) is 23.3 Å². The van der Waals surface area contributed by atoms with Gasteiger partial charge >= 0.3 is 0 Å². The van der Waals surface area contributed by atoms with E-state index in [9.17, 15) is 4.79 Å². The predicted octanol–water partition coefficient (Wildman–Crippen LogP) is 3.47. The summed E-state index contributed by atoms with van der Waals surface area (Å²) in [5, 5.41) is 4.35. The number of aryl methyl sites for hydroxylation is 1. The van der Waals surface area contributed by atoms with Gasteiger partial charge in [0, 0.05) is 24.2 Å². The summed E-state index contributed by atoms with van der Waals surface area (Å²) in [5.74, 6) is 3.59. The first-order valence-electron chi connectivity index (χ1n) is 7.86. The van der Waals surface area contributed by atoms with Crippen LogP contribution >= 0.6 is 11.8 Å². The zero-order valence-electron chi connectivity index (χ0n) is 14.1. The van der Waals surface area contributed by atoms with Crippen LogP contribution in [0.5, 0.6) is 0 Å². The second-order valence-corrected chi connectivity index (χ2v) is 8.03. The van der Waals surface area contributed by atoms with E-state index in [1.165, 1.54) is 0 Å². The smallest absolute Gasteiger partial charge is 0.257 e. The molecule has 1 amide bonds. The van der Waals surface area contributed by atoms with Crippen LogP contribution in [0.4, 0.5) is 0 Å². The van der Waals surface area contributed by atoms with E-state index in [0.29, 0.717) is 5.56 Å². The Bertz CT molecular complexity index is 699. The van der Waals surface area contributed by atoms with Crippen LogP contribution < -0.4 is 0 Å². The number of thioether (sulfide) groups is 1. The monoisotopic (exact) mass is 333 g/mol. The number of carbonyl (C=O) groups excluding carboxylic acids is 1. The number of nitrogens with zero attached hydrogens (tertiary/aromatic N) is 3. The van der Waals surface area contributed by atoms with Gasteiger partial charge in [-0.25, -0.2) is 0 Å². The minimum atomic E-state index is -0.131. The molecule has 0 aromatic carbocycles. The summed E-state index contributed by atoms with van der Waals surface area (Å²) < 4.78 is 7.61. The molecular formula is C17H23N3O2S. The Morgan fingerprint density at radius 1 is 1.39 bits per heavy atom. The Labute approximate surface area is 141 Å². The molecule has 3 rings (SSSR count). The molecule has 23 heavy (non-hydrogen) atoms. The third kappa shape index (κ3) is 3.32. The van der Waals surface area contributed by atoms with Crippen molar-refractivity contribution in [3.8, 4) is 0 Å². The van der Waals surface area contributed by atoms with Gasteiger partial charge in [0.2, 0.25) is 0 Å². The van der Waals surface area contributed by atoms with Crippen molar-refractivity contribution < 1.29 is 9.21 Å². The van der Waals surface area contributed by atoms with Crippen LogP contribution in [0.15, 0.2) is 28.9 Å². The SMILES string of the molecule is Cc1ccc([C@H]2CSCCN2C(=O)c2cnn(C(C)(C)C)c2)o1. The van der Waals surface area contributed by atoms with Crippen molar-refractivity contribution in [1.29, 1.82) is 0 Å². The second kappa shape index (κ2) is 6.07. The molecule has 0 bridgehead atoms. The maximum atomic E-state index is 13.0. The molecule has 3 heterocycles. The van der Waals surface area contributed by atoms with E-state index >= 15 is 0 Å². The first-order valence-corrected chi connectivity index (χ1v) is 9.02. The summed E-state index contributed by atoms with van der Waals surface area (Å²) in [5.41, 5.74) is 0.508. The molecule has 1 atom stereocenters. The summed E-state index contributed by atoms with van der Waals surface area (Å²) in [7, 11) is 0. The Morgan fingerprint density at radius 2 is 2.17 bits per heavy atom. The van der Waals surface area contributed by atoms with Gasteiger partial charge < -0.3 is 9.32 Å². The average molecular weight is 333 g/mol. The standard InChI is InChI=1S/C17H23N3O2S/c1-12-5-6-15(22-12)14-11-23-8-7-19(14)16(21)13-9-18-20(10-13)17(2,3)4/h5-6,9-10,14H,7-8,11H2,1-4H3/t14-/m1/s1. The molecule has 6 heteroatoms. The zero-order chi connectivity index (χ0) is 16.6. The lowest BCUT2D eigenvalue weighted by molar-refractivity contribution is 0.0681. The van der Waals surface area contributed by atoms with Crippen molar-refractivity contribution in [1.82, 2.24) is 14.7 Å². The third-order valence-corrected chi connectivity index (χ3v) is 5.02. The lowest BCUT2D eigenvalue weighted by Gasteiger charge is -2.34. The molecule has 1 aliphatic rings. The fraction of sp³-hybridized carbons (Fsp3) is 0.529. The van der Waals surface area contributed by atoms with Crippen molar-refractivity contribution >= 4 is 17.7 Å². The Kier molecular flexibility index (Phi) is 4.27. The lowest BCUT2D eigenvalue weighted by Crippen LogP contribution is -2.40. The van der Waals surface area contributed by atoms with Gasteiger partial charge in [-0.15, -0.1) is 0 Å². The summed E-state index contributed by atoms with van der Waals surface area (Å²) in [4.78, 5) is 14.9. The van der Waals surface area contributed by atoms with Gasteiger partial charge in [0.15, 0.2) is 0 Å². The van der Waals surface area contributed by atoms with Crippen molar-refractivity contribution in [3.63, 3.8) is 0 Å². The van der Waals surface area contributed by atoms with Crippen molar-refractivity contribution in [3.05, 3.63) is 41.6 Å². The summed E-state index contributed by atoms with van der Waals surface area (Å²) >= 11 is 1.86. The van der Waals surface area contributed by atoms with E-state index in [2.05, 4.69) is 25.9 Å².